The second-order valence-corrected chi connectivity index (χ2v) is 13.2. The summed E-state index contributed by atoms with van der Waals surface area (Å²) in [4.78, 5) is 15.2. The highest BCUT2D eigenvalue weighted by Gasteiger charge is 2.22. The summed E-state index contributed by atoms with van der Waals surface area (Å²) < 4.78 is 6.95. The van der Waals surface area contributed by atoms with Crippen LogP contribution >= 0.6 is 0 Å². The Morgan fingerprint density at radius 2 is 0.830 bits per heavy atom. The van der Waals surface area contributed by atoms with Crippen LogP contribution in [0, 0.1) is 0 Å². The summed E-state index contributed by atoms with van der Waals surface area (Å²) in [5, 5.41) is 4.25. The predicted molar refractivity (Wildman–Crippen MR) is 217 cm³/mol. The molecule has 0 fully saturated rings. The highest BCUT2D eigenvalue weighted by molar-refractivity contribution is 6.18. The maximum absolute atomic E-state index is 6.95. The van der Waals surface area contributed by atoms with E-state index in [4.69, 9.17) is 19.4 Å². The fourth-order valence-corrected chi connectivity index (χ4v) is 7.36. The third-order valence-electron chi connectivity index (χ3n) is 9.93. The zero-order valence-electron chi connectivity index (χ0n) is 28.6. The summed E-state index contributed by atoms with van der Waals surface area (Å²) in [6, 6.07) is 65.2. The van der Waals surface area contributed by atoms with Gasteiger partial charge in [-0.25, -0.2) is 15.0 Å². The fourth-order valence-electron chi connectivity index (χ4n) is 7.36. The number of furan rings is 1. The molecule has 0 aliphatic carbocycles. The lowest BCUT2D eigenvalue weighted by molar-refractivity contribution is 0.670. The van der Waals surface area contributed by atoms with Gasteiger partial charge in [0.05, 0.1) is 0 Å². The van der Waals surface area contributed by atoms with E-state index in [2.05, 4.69) is 127 Å². The van der Waals surface area contributed by atoms with E-state index in [1.807, 2.05) is 60.7 Å². The molecule has 10 rings (SSSR count). The number of hydrogen-bond acceptors (Lipinski definition) is 4. The number of rotatable bonds is 6. The smallest absolute Gasteiger partial charge is 0.164 e. The van der Waals surface area contributed by atoms with Crippen molar-refractivity contribution in [3.63, 3.8) is 0 Å². The molecule has 2 heterocycles. The van der Waals surface area contributed by atoms with Gasteiger partial charge >= 0.3 is 0 Å². The lowest BCUT2D eigenvalue weighted by atomic mass is 9.90. The van der Waals surface area contributed by atoms with E-state index in [1.165, 1.54) is 11.1 Å². The number of fused-ring (bicyclic) bond motifs is 4. The van der Waals surface area contributed by atoms with E-state index >= 15 is 0 Å². The Balaban J connectivity index is 1.24. The van der Waals surface area contributed by atoms with Crippen molar-refractivity contribution in [3.05, 3.63) is 188 Å². The van der Waals surface area contributed by atoms with Crippen LogP contribution in [0.25, 0.3) is 100 Å². The highest BCUT2D eigenvalue weighted by Crippen LogP contribution is 2.45. The van der Waals surface area contributed by atoms with Crippen molar-refractivity contribution in [2.24, 2.45) is 0 Å². The molecule has 0 aliphatic heterocycles. The van der Waals surface area contributed by atoms with Gasteiger partial charge in [-0.3, -0.25) is 0 Å². The summed E-state index contributed by atoms with van der Waals surface area (Å²) in [7, 11) is 0. The van der Waals surface area contributed by atoms with Gasteiger partial charge in [0.1, 0.15) is 11.2 Å². The van der Waals surface area contributed by atoms with E-state index in [1.54, 1.807) is 0 Å². The summed E-state index contributed by atoms with van der Waals surface area (Å²) in [6.07, 6.45) is 0. The molecule has 4 nitrogen and oxygen atoms in total. The van der Waals surface area contributed by atoms with Crippen molar-refractivity contribution in [3.8, 4) is 67.5 Å². The van der Waals surface area contributed by atoms with Gasteiger partial charge in [0.25, 0.3) is 0 Å². The fraction of sp³-hybridized carbons (Fsp3) is 0. The minimum atomic E-state index is 0.592. The molecule has 10 aromatic rings. The third kappa shape index (κ3) is 5.54. The van der Waals surface area contributed by atoms with E-state index in [9.17, 15) is 0 Å². The molecule has 0 spiro atoms. The average Bonchev–Trinajstić information content (AvgIpc) is 3.61. The van der Waals surface area contributed by atoms with Crippen molar-refractivity contribution in [1.82, 2.24) is 15.0 Å². The van der Waals surface area contributed by atoms with Gasteiger partial charge in [0.2, 0.25) is 0 Å². The highest BCUT2D eigenvalue weighted by atomic mass is 16.3. The summed E-state index contributed by atoms with van der Waals surface area (Å²) in [5.41, 5.74) is 11.1. The first kappa shape index (κ1) is 30.6. The average molecular weight is 678 g/mol. The molecule has 53 heavy (non-hydrogen) atoms. The Morgan fingerprint density at radius 1 is 0.321 bits per heavy atom. The van der Waals surface area contributed by atoms with Crippen molar-refractivity contribution >= 4 is 32.7 Å². The first-order valence-corrected chi connectivity index (χ1v) is 17.8. The number of aromatic nitrogens is 3. The van der Waals surface area contributed by atoms with Crippen LogP contribution in [0.2, 0.25) is 0 Å². The lowest BCUT2D eigenvalue weighted by Crippen LogP contribution is -2.00. The van der Waals surface area contributed by atoms with E-state index in [-0.39, 0.29) is 0 Å². The molecule has 8 aromatic carbocycles. The van der Waals surface area contributed by atoms with Gasteiger partial charge in [0, 0.05) is 33.0 Å². The van der Waals surface area contributed by atoms with Crippen LogP contribution in [0.15, 0.2) is 192 Å². The van der Waals surface area contributed by atoms with Crippen LogP contribution in [0.3, 0.4) is 0 Å². The van der Waals surface area contributed by atoms with E-state index in [0.29, 0.717) is 17.5 Å². The van der Waals surface area contributed by atoms with Crippen LogP contribution in [-0.2, 0) is 0 Å². The SMILES string of the molecule is c1ccc(-c2cccc(-c3ccccc3-c3ccc(-c4nc(-c5ccccc5)nc(-c5ccccc5)n4)c4c3oc3cc5ccccc5cc34)c2)cc1. The molecule has 0 unspecified atom stereocenters. The van der Waals surface area contributed by atoms with Gasteiger partial charge in [-0.2, -0.15) is 0 Å². The standard InChI is InChI=1S/C49H31N3O/c1-4-15-32(16-5-1)35-23-14-24-38(29-35)39-25-12-13-26-40(39)41-27-28-42(45-43-30-36-21-10-11-22-37(36)31-44(43)53-46(41)45)49-51-47(33-17-6-2-7-18-33)50-48(52-49)34-19-8-3-9-20-34/h1-31H. The van der Waals surface area contributed by atoms with Crippen molar-refractivity contribution < 1.29 is 4.42 Å². The lowest BCUT2D eigenvalue weighted by Gasteiger charge is -2.14. The Labute approximate surface area is 306 Å². The number of benzene rings is 8. The predicted octanol–water partition coefficient (Wildman–Crippen LogP) is 12.9. The summed E-state index contributed by atoms with van der Waals surface area (Å²) in [5.74, 6) is 1.83. The minimum absolute atomic E-state index is 0.592. The van der Waals surface area contributed by atoms with Gasteiger partial charge in [-0.05, 0) is 68.9 Å². The van der Waals surface area contributed by atoms with Crippen LogP contribution in [0.4, 0.5) is 0 Å². The van der Waals surface area contributed by atoms with Gasteiger partial charge in [-0.15, -0.1) is 0 Å². The van der Waals surface area contributed by atoms with Gasteiger partial charge in [0.15, 0.2) is 17.5 Å². The van der Waals surface area contributed by atoms with Crippen molar-refractivity contribution in [2.75, 3.05) is 0 Å². The molecule has 4 heteroatoms. The topological polar surface area (TPSA) is 51.8 Å². The quantitative estimate of drug-likeness (QED) is 0.176. The first-order chi connectivity index (χ1) is 26.3. The Kier molecular flexibility index (Phi) is 7.43. The van der Waals surface area contributed by atoms with Gasteiger partial charge < -0.3 is 4.42 Å². The van der Waals surface area contributed by atoms with E-state index < -0.39 is 0 Å². The molecule has 0 aliphatic rings. The molecule has 0 saturated heterocycles. The van der Waals surface area contributed by atoms with Crippen LogP contribution < -0.4 is 0 Å². The van der Waals surface area contributed by atoms with Crippen molar-refractivity contribution in [1.29, 1.82) is 0 Å². The monoisotopic (exact) mass is 677 g/mol. The summed E-state index contributed by atoms with van der Waals surface area (Å²) in [6.45, 7) is 0. The normalized spacial score (nSPS) is 11.4. The van der Waals surface area contributed by atoms with E-state index in [0.717, 1.165) is 71.7 Å². The van der Waals surface area contributed by atoms with Crippen molar-refractivity contribution in [2.45, 2.75) is 0 Å². The molecule has 0 radical (unpaired) electrons. The first-order valence-electron chi connectivity index (χ1n) is 17.8. The van der Waals surface area contributed by atoms with Crippen LogP contribution in [0.1, 0.15) is 0 Å². The summed E-state index contributed by atoms with van der Waals surface area (Å²) >= 11 is 0. The Morgan fingerprint density at radius 3 is 1.51 bits per heavy atom. The molecular weight excluding hydrogens is 647 g/mol. The molecule has 0 bridgehead atoms. The van der Waals surface area contributed by atoms with Crippen LogP contribution in [-0.4, -0.2) is 15.0 Å². The Bertz CT molecular complexity index is 2880. The molecule has 0 amide bonds. The number of hydrogen-bond donors (Lipinski definition) is 0. The Hall–Kier alpha value is -7.17. The van der Waals surface area contributed by atoms with Gasteiger partial charge in [-0.1, -0.05) is 158 Å². The third-order valence-corrected chi connectivity index (χ3v) is 9.93. The molecule has 0 saturated carbocycles. The maximum atomic E-state index is 6.95. The second-order valence-electron chi connectivity index (χ2n) is 13.2. The molecule has 0 N–H and O–H groups in total. The zero-order chi connectivity index (χ0) is 35.1. The molecule has 2 aromatic heterocycles. The largest absolute Gasteiger partial charge is 0.455 e. The molecule has 248 valence electrons. The minimum Gasteiger partial charge on any atom is -0.455 e. The second kappa shape index (κ2) is 12.9. The maximum Gasteiger partial charge on any atom is 0.164 e. The zero-order valence-corrected chi connectivity index (χ0v) is 28.6. The van der Waals surface area contributed by atoms with Crippen LogP contribution in [0.5, 0.6) is 0 Å². The molecule has 0 atom stereocenters. The number of nitrogens with zero attached hydrogens (tertiary/aromatic N) is 3. The molecular formula is C49H31N3O.